The molecule has 2 aliphatic heterocycles. The van der Waals surface area contributed by atoms with Gasteiger partial charge in [0, 0.05) is 24.6 Å². The second-order valence-electron chi connectivity index (χ2n) is 7.49. The number of hydrogen-bond acceptors (Lipinski definition) is 5. The Morgan fingerprint density at radius 3 is 2.87 bits per heavy atom. The second-order valence-corrected chi connectivity index (χ2v) is 7.49. The van der Waals surface area contributed by atoms with Gasteiger partial charge in [-0.05, 0) is 35.7 Å². The van der Waals surface area contributed by atoms with Gasteiger partial charge in [0.05, 0.1) is 19.3 Å². The number of rotatable bonds is 3. The summed E-state index contributed by atoms with van der Waals surface area (Å²) in [5, 5.41) is 3.02. The molecule has 0 bridgehead atoms. The monoisotopic (exact) mass is 400 g/mol. The number of aromatic nitrogens is 2. The van der Waals surface area contributed by atoms with Crippen molar-refractivity contribution in [3.05, 3.63) is 83.9 Å². The van der Waals surface area contributed by atoms with E-state index in [2.05, 4.69) is 15.3 Å². The summed E-state index contributed by atoms with van der Waals surface area (Å²) in [4.78, 5) is 36.7. The molecule has 7 heteroatoms. The topological polar surface area (TPSA) is 84.4 Å². The highest BCUT2D eigenvalue weighted by Crippen LogP contribution is 2.55. The number of nitrogens with zero attached hydrogens (tertiary/aromatic N) is 3. The van der Waals surface area contributed by atoms with E-state index in [-0.39, 0.29) is 17.5 Å². The minimum absolute atomic E-state index is 0.0917. The molecular formula is C23H20N4O3. The molecule has 2 atom stereocenters. The van der Waals surface area contributed by atoms with Crippen LogP contribution in [0.5, 0.6) is 5.75 Å². The van der Waals surface area contributed by atoms with Crippen molar-refractivity contribution in [2.75, 3.05) is 19.0 Å². The van der Waals surface area contributed by atoms with E-state index in [4.69, 9.17) is 4.74 Å². The molecule has 3 heterocycles. The molecule has 5 rings (SSSR count). The smallest absolute Gasteiger partial charge is 0.274 e. The zero-order valence-electron chi connectivity index (χ0n) is 16.4. The number of methoxy groups -OCH3 is 1. The minimum Gasteiger partial charge on any atom is -0.497 e. The number of fused-ring (bicyclic) bond motifs is 2. The number of amides is 2. The van der Waals surface area contributed by atoms with Crippen molar-refractivity contribution in [3.8, 4) is 5.75 Å². The third-order valence-corrected chi connectivity index (χ3v) is 6.04. The zero-order valence-corrected chi connectivity index (χ0v) is 16.4. The van der Waals surface area contributed by atoms with Gasteiger partial charge in [-0.25, -0.2) is 4.98 Å². The van der Waals surface area contributed by atoms with Crippen LogP contribution in [0.25, 0.3) is 0 Å². The van der Waals surface area contributed by atoms with E-state index in [9.17, 15) is 9.59 Å². The quantitative estimate of drug-likeness (QED) is 0.731. The average molecular weight is 400 g/mol. The third kappa shape index (κ3) is 2.58. The first-order valence-corrected chi connectivity index (χ1v) is 9.77. The number of hydrogen-bond donors (Lipinski definition) is 1. The first kappa shape index (κ1) is 18.3. The summed E-state index contributed by atoms with van der Waals surface area (Å²) in [7, 11) is 1.60. The van der Waals surface area contributed by atoms with Crippen molar-refractivity contribution < 1.29 is 14.3 Å². The number of carbonyl (C=O) groups is 2. The Labute approximate surface area is 173 Å². The highest BCUT2D eigenvalue weighted by Gasteiger charge is 2.59. The second kappa shape index (κ2) is 6.95. The summed E-state index contributed by atoms with van der Waals surface area (Å²) in [6, 6.07) is 14.8. The van der Waals surface area contributed by atoms with Crippen molar-refractivity contribution in [1.29, 1.82) is 0 Å². The van der Waals surface area contributed by atoms with Gasteiger partial charge in [-0.15, -0.1) is 0 Å². The largest absolute Gasteiger partial charge is 0.497 e. The lowest BCUT2D eigenvalue weighted by molar-refractivity contribution is -0.121. The first-order valence-electron chi connectivity index (χ1n) is 9.77. The van der Waals surface area contributed by atoms with Crippen molar-refractivity contribution in [3.63, 3.8) is 0 Å². The lowest BCUT2D eigenvalue weighted by atomic mass is 9.72. The number of anilines is 1. The maximum absolute atomic E-state index is 13.4. The van der Waals surface area contributed by atoms with Crippen molar-refractivity contribution in [1.82, 2.24) is 14.9 Å². The van der Waals surface area contributed by atoms with Gasteiger partial charge in [-0.3, -0.25) is 14.6 Å². The van der Waals surface area contributed by atoms with Gasteiger partial charge in [0.2, 0.25) is 5.91 Å². The molecule has 1 N–H and O–H groups in total. The summed E-state index contributed by atoms with van der Waals surface area (Å²) in [6.45, 7) is 0.430. The van der Waals surface area contributed by atoms with Crippen LogP contribution in [-0.2, 0) is 10.2 Å². The van der Waals surface area contributed by atoms with E-state index in [0.29, 0.717) is 18.7 Å². The highest BCUT2D eigenvalue weighted by molar-refractivity contribution is 6.08. The van der Waals surface area contributed by atoms with Gasteiger partial charge in [0.25, 0.3) is 5.91 Å². The summed E-state index contributed by atoms with van der Waals surface area (Å²) in [6.07, 6.45) is 5.00. The molecule has 30 heavy (non-hydrogen) atoms. The Hall–Kier alpha value is -3.74. The summed E-state index contributed by atoms with van der Waals surface area (Å²) >= 11 is 0. The van der Waals surface area contributed by atoms with E-state index in [0.717, 1.165) is 16.8 Å². The molecule has 7 nitrogen and oxygen atoms in total. The molecule has 0 aliphatic carbocycles. The molecule has 1 saturated heterocycles. The van der Waals surface area contributed by atoms with Crippen molar-refractivity contribution >= 4 is 17.5 Å². The summed E-state index contributed by atoms with van der Waals surface area (Å²) in [5.41, 5.74) is 1.94. The zero-order chi connectivity index (χ0) is 20.7. The van der Waals surface area contributed by atoms with Gasteiger partial charge >= 0.3 is 0 Å². The standard InChI is InChI=1S/C23H20N4O3/c1-30-16-6-4-5-15(13-16)20-23(17-7-2-3-8-18(17)26-22(23)29)9-12-27(20)21(28)19-14-24-10-11-25-19/h2-8,10-11,13-14,20H,9,12H2,1H3,(H,26,29)/t20-,23+/m0/s1. The van der Waals surface area contributed by atoms with Crippen LogP contribution in [0.4, 0.5) is 5.69 Å². The molecule has 0 saturated carbocycles. The maximum atomic E-state index is 13.4. The molecule has 150 valence electrons. The summed E-state index contributed by atoms with van der Waals surface area (Å²) in [5.74, 6) is 0.337. The van der Waals surface area contributed by atoms with E-state index in [1.807, 2.05) is 48.5 Å². The van der Waals surface area contributed by atoms with Gasteiger partial charge in [-0.1, -0.05) is 30.3 Å². The maximum Gasteiger partial charge on any atom is 0.274 e. The molecule has 1 fully saturated rings. The third-order valence-electron chi connectivity index (χ3n) is 6.04. The van der Waals surface area contributed by atoms with E-state index in [1.165, 1.54) is 18.6 Å². The van der Waals surface area contributed by atoms with Gasteiger partial charge in [0.1, 0.15) is 16.9 Å². The van der Waals surface area contributed by atoms with Crippen LogP contribution >= 0.6 is 0 Å². The molecule has 2 aromatic carbocycles. The minimum atomic E-state index is -0.874. The Bertz CT molecular complexity index is 1130. The Balaban J connectivity index is 1.69. The number of benzene rings is 2. The van der Waals surface area contributed by atoms with Crippen LogP contribution in [0.3, 0.4) is 0 Å². The Morgan fingerprint density at radius 2 is 2.07 bits per heavy atom. The average Bonchev–Trinajstić information content (AvgIpc) is 3.33. The molecule has 0 radical (unpaired) electrons. The van der Waals surface area contributed by atoms with E-state index >= 15 is 0 Å². The highest BCUT2D eigenvalue weighted by atomic mass is 16.5. The number of para-hydroxylation sites is 1. The molecule has 0 unspecified atom stereocenters. The first-order chi connectivity index (χ1) is 14.6. The van der Waals surface area contributed by atoms with Gasteiger partial charge in [-0.2, -0.15) is 0 Å². The predicted octanol–water partition coefficient (Wildman–Crippen LogP) is 2.96. The molecule has 1 spiro atoms. The Morgan fingerprint density at radius 1 is 1.20 bits per heavy atom. The predicted molar refractivity (Wildman–Crippen MR) is 110 cm³/mol. The van der Waals surface area contributed by atoms with Crippen LogP contribution in [0.15, 0.2) is 67.1 Å². The van der Waals surface area contributed by atoms with E-state index < -0.39 is 11.5 Å². The van der Waals surface area contributed by atoms with Crippen LogP contribution < -0.4 is 10.1 Å². The molecule has 1 aromatic heterocycles. The van der Waals surface area contributed by atoms with Crippen LogP contribution in [0.1, 0.15) is 34.1 Å². The number of carbonyl (C=O) groups excluding carboxylic acids is 2. The van der Waals surface area contributed by atoms with Gasteiger partial charge < -0.3 is 15.0 Å². The fraction of sp³-hybridized carbons (Fsp3) is 0.217. The molecular weight excluding hydrogens is 380 g/mol. The summed E-state index contributed by atoms with van der Waals surface area (Å²) < 4.78 is 5.42. The number of likely N-dealkylation sites (tertiary alicyclic amines) is 1. The number of ether oxygens (including phenoxy) is 1. The lowest BCUT2D eigenvalue weighted by Crippen LogP contribution is -2.42. The number of nitrogens with one attached hydrogen (secondary N) is 1. The molecule has 2 aliphatic rings. The Kier molecular flexibility index (Phi) is 4.24. The normalized spacial score (nSPS) is 22.1. The van der Waals surface area contributed by atoms with Crippen LogP contribution in [0, 0.1) is 0 Å². The van der Waals surface area contributed by atoms with Crippen molar-refractivity contribution in [2.24, 2.45) is 0 Å². The van der Waals surface area contributed by atoms with Crippen LogP contribution in [-0.4, -0.2) is 40.3 Å². The fourth-order valence-electron chi connectivity index (χ4n) is 4.74. The molecule has 2 amide bonds. The molecule has 3 aromatic rings. The SMILES string of the molecule is COc1cccc([C@@H]2N(C(=O)c3cnccn3)CC[C@]23C(=O)Nc2ccccc23)c1. The van der Waals surface area contributed by atoms with Crippen LogP contribution in [0.2, 0.25) is 0 Å². The lowest BCUT2D eigenvalue weighted by Gasteiger charge is -2.34. The van der Waals surface area contributed by atoms with E-state index in [1.54, 1.807) is 12.0 Å². The fourth-order valence-corrected chi connectivity index (χ4v) is 4.74. The van der Waals surface area contributed by atoms with Crippen molar-refractivity contribution in [2.45, 2.75) is 17.9 Å². The van der Waals surface area contributed by atoms with Gasteiger partial charge in [0.15, 0.2) is 0 Å².